The predicted molar refractivity (Wildman–Crippen MR) is 285 cm³/mol. The van der Waals surface area contributed by atoms with Crippen LogP contribution in [0.25, 0.3) is 100 Å². The van der Waals surface area contributed by atoms with Gasteiger partial charge in [0.05, 0.1) is 5.41 Å². The molecule has 1 heterocycles. The fraction of sp³-hybridized carbons (Fsp3) is 0.0152. The highest BCUT2D eigenvalue weighted by Gasteiger charge is 2.47. The second kappa shape index (κ2) is 16.7. The quantitative estimate of drug-likeness (QED) is 0.143. The second-order valence-electron chi connectivity index (χ2n) is 17.9. The zero-order chi connectivity index (χ0) is 45.7. The highest BCUT2D eigenvalue weighted by Crippen LogP contribution is 2.60. The lowest BCUT2D eigenvalue weighted by atomic mass is 9.66. The molecule has 0 spiro atoms. The Morgan fingerprint density at radius 2 is 0.551 bits per heavy atom. The van der Waals surface area contributed by atoms with E-state index in [4.69, 9.17) is 15.0 Å². The largest absolute Gasteiger partial charge is 0.208 e. The molecule has 0 bridgehead atoms. The van der Waals surface area contributed by atoms with Crippen LogP contribution >= 0.6 is 0 Å². The third-order valence-electron chi connectivity index (χ3n) is 14.0. The molecule has 1 atom stereocenters. The SMILES string of the molecule is c1ccc(-c2ccc(-c3nc(-c4ccc(-c5ccccc5)cc4)nc(-c4ccc(-c5ccc(C6(c7ccccc7)c7ccccc7-c7c6c6ccccc6c6ccccc76)cc5)cc4)n3)cc2)cc1. The van der Waals surface area contributed by atoms with Crippen LogP contribution in [-0.2, 0) is 5.41 Å². The minimum atomic E-state index is -0.545. The lowest BCUT2D eigenvalue weighted by molar-refractivity contribution is 0.776. The summed E-state index contributed by atoms with van der Waals surface area (Å²) < 4.78 is 0. The first-order valence-corrected chi connectivity index (χ1v) is 23.6. The molecule has 322 valence electrons. The van der Waals surface area contributed by atoms with Crippen LogP contribution in [0.2, 0.25) is 0 Å². The molecule has 0 fully saturated rings. The summed E-state index contributed by atoms with van der Waals surface area (Å²) in [6.07, 6.45) is 0. The Morgan fingerprint density at radius 3 is 1.03 bits per heavy atom. The molecule has 12 aromatic rings. The van der Waals surface area contributed by atoms with Gasteiger partial charge in [-0.15, -0.1) is 0 Å². The van der Waals surface area contributed by atoms with Gasteiger partial charge in [-0.05, 0) is 88.3 Å². The fourth-order valence-electron chi connectivity index (χ4n) is 10.8. The Hall–Kier alpha value is -9.05. The summed E-state index contributed by atoms with van der Waals surface area (Å²) in [6.45, 7) is 0. The molecule has 69 heavy (non-hydrogen) atoms. The Morgan fingerprint density at radius 1 is 0.232 bits per heavy atom. The summed E-state index contributed by atoms with van der Waals surface area (Å²) in [6, 6.07) is 93.7. The lowest BCUT2D eigenvalue weighted by Crippen LogP contribution is -2.28. The van der Waals surface area contributed by atoms with E-state index in [1.165, 1.54) is 66.1 Å². The maximum Gasteiger partial charge on any atom is 0.164 e. The summed E-state index contributed by atoms with van der Waals surface area (Å²) in [5.41, 5.74) is 16.9. The zero-order valence-corrected chi connectivity index (χ0v) is 37.7. The van der Waals surface area contributed by atoms with E-state index in [-0.39, 0.29) is 0 Å². The van der Waals surface area contributed by atoms with Crippen LogP contribution in [0, 0.1) is 0 Å². The normalized spacial score (nSPS) is 13.9. The summed E-state index contributed by atoms with van der Waals surface area (Å²) in [5.74, 6) is 1.88. The molecular formula is C66H43N3. The van der Waals surface area contributed by atoms with Gasteiger partial charge >= 0.3 is 0 Å². The number of hydrogen-bond donors (Lipinski definition) is 0. The smallest absolute Gasteiger partial charge is 0.164 e. The molecular weight excluding hydrogens is 835 g/mol. The van der Waals surface area contributed by atoms with Crippen LogP contribution in [-0.4, -0.2) is 15.0 Å². The topological polar surface area (TPSA) is 38.7 Å². The van der Waals surface area contributed by atoms with E-state index in [1.807, 2.05) is 12.1 Å². The average Bonchev–Trinajstić information content (AvgIpc) is 3.76. The van der Waals surface area contributed by atoms with Crippen molar-refractivity contribution >= 4 is 21.5 Å². The van der Waals surface area contributed by atoms with Crippen LogP contribution in [0.5, 0.6) is 0 Å². The van der Waals surface area contributed by atoms with Gasteiger partial charge in [-0.1, -0.05) is 261 Å². The van der Waals surface area contributed by atoms with Gasteiger partial charge in [-0.25, -0.2) is 15.0 Å². The van der Waals surface area contributed by atoms with Crippen molar-refractivity contribution in [3.05, 3.63) is 283 Å². The molecule has 11 aromatic carbocycles. The van der Waals surface area contributed by atoms with E-state index >= 15 is 0 Å². The first kappa shape index (κ1) is 40.2. The van der Waals surface area contributed by atoms with Crippen molar-refractivity contribution in [1.82, 2.24) is 15.0 Å². The molecule has 0 radical (unpaired) electrons. The molecule has 0 saturated carbocycles. The predicted octanol–water partition coefficient (Wildman–Crippen LogP) is 16.5. The molecule has 3 heteroatoms. The molecule has 0 N–H and O–H groups in total. The minimum absolute atomic E-state index is 0.545. The van der Waals surface area contributed by atoms with Crippen molar-refractivity contribution in [3.63, 3.8) is 0 Å². The molecule has 13 rings (SSSR count). The van der Waals surface area contributed by atoms with Crippen molar-refractivity contribution in [2.45, 2.75) is 5.41 Å². The highest BCUT2D eigenvalue weighted by molar-refractivity contribution is 6.19. The van der Waals surface area contributed by atoms with Gasteiger partial charge in [0.1, 0.15) is 0 Å². The van der Waals surface area contributed by atoms with Crippen LogP contribution in [0.15, 0.2) is 261 Å². The van der Waals surface area contributed by atoms with Crippen LogP contribution < -0.4 is 0 Å². The standard InChI is InChI=1S/C66H43N3/c1-4-16-44(17-5-1)46-28-34-50(35-29-46)63-67-64(51-36-30-47(31-37-51)45-18-6-2-7-19-45)69-65(68-63)52-38-32-48(33-39-52)49-40-42-54(43-41-49)66(53-20-8-3-9-21-53)60-27-15-14-26-59(60)61-57-24-12-10-22-55(57)56-23-11-13-25-58(56)62(61)66/h1-43H. The Labute approximate surface area is 401 Å². The highest BCUT2D eigenvalue weighted by atomic mass is 15.0. The molecule has 0 aliphatic heterocycles. The van der Waals surface area contributed by atoms with Crippen molar-refractivity contribution in [3.8, 4) is 78.7 Å². The first-order chi connectivity index (χ1) is 34.2. The average molecular weight is 878 g/mol. The number of rotatable bonds is 8. The number of hydrogen-bond acceptors (Lipinski definition) is 3. The number of nitrogens with zero attached hydrogens (tertiary/aromatic N) is 3. The Kier molecular flexibility index (Phi) is 9.73. The lowest BCUT2D eigenvalue weighted by Gasteiger charge is -2.35. The Bertz CT molecular complexity index is 3730. The van der Waals surface area contributed by atoms with E-state index in [2.05, 4.69) is 249 Å². The van der Waals surface area contributed by atoms with Crippen molar-refractivity contribution in [1.29, 1.82) is 0 Å². The maximum absolute atomic E-state index is 5.12. The molecule has 0 saturated heterocycles. The van der Waals surface area contributed by atoms with E-state index in [0.717, 1.165) is 38.9 Å². The van der Waals surface area contributed by atoms with Gasteiger partial charge in [-0.3, -0.25) is 0 Å². The number of fused-ring (bicyclic) bond motifs is 8. The van der Waals surface area contributed by atoms with Gasteiger partial charge < -0.3 is 0 Å². The van der Waals surface area contributed by atoms with E-state index in [9.17, 15) is 0 Å². The van der Waals surface area contributed by atoms with Gasteiger partial charge in [0.2, 0.25) is 0 Å². The van der Waals surface area contributed by atoms with Gasteiger partial charge in [-0.2, -0.15) is 0 Å². The van der Waals surface area contributed by atoms with Crippen LogP contribution in [0.1, 0.15) is 22.3 Å². The van der Waals surface area contributed by atoms with Crippen molar-refractivity contribution < 1.29 is 0 Å². The second-order valence-corrected chi connectivity index (χ2v) is 17.9. The third kappa shape index (κ3) is 6.78. The zero-order valence-electron chi connectivity index (χ0n) is 37.7. The van der Waals surface area contributed by atoms with E-state index < -0.39 is 5.41 Å². The van der Waals surface area contributed by atoms with Gasteiger partial charge in [0, 0.05) is 16.7 Å². The molecule has 0 amide bonds. The van der Waals surface area contributed by atoms with Gasteiger partial charge in [0.15, 0.2) is 17.5 Å². The van der Waals surface area contributed by atoms with Gasteiger partial charge in [0.25, 0.3) is 0 Å². The van der Waals surface area contributed by atoms with Crippen molar-refractivity contribution in [2.75, 3.05) is 0 Å². The van der Waals surface area contributed by atoms with E-state index in [1.54, 1.807) is 0 Å². The summed E-state index contributed by atoms with van der Waals surface area (Å²) >= 11 is 0. The summed E-state index contributed by atoms with van der Waals surface area (Å²) in [4.78, 5) is 15.3. The minimum Gasteiger partial charge on any atom is -0.208 e. The molecule has 1 aliphatic carbocycles. The fourth-order valence-corrected chi connectivity index (χ4v) is 10.8. The molecule has 1 unspecified atom stereocenters. The van der Waals surface area contributed by atoms with Crippen LogP contribution in [0.4, 0.5) is 0 Å². The summed E-state index contributed by atoms with van der Waals surface area (Å²) in [7, 11) is 0. The monoisotopic (exact) mass is 877 g/mol. The maximum atomic E-state index is 5.12. The summed E-state index contributed by atoms with van der Waals surface area (Å²) in [5, 5.41) is 5.12. The number of aromatic nitrogens is 3. The number of benzene rings is 11. The van der Waals surface area contributed by atoms with Crippen molar-refractivity contribution in [2.24, 2.45) is 0 Å². The molecule has 1 aromatic heterocycles. The van der Waals surface area contributed by atoms with E-state index in [0.29, 0.717) is 17.5 Å². The Balaban J connectivity index is 0.898. The third-order valence-corrected chi connectivity index (χ3v) is 14.0. The first-order valence-electron chi connectivity index (χ1n) is 23.6. The van der Waals surface area contributed by atoms with Crippen LogP contribution in [0.3, 0.4) is 0 Å². The molecule has 1 aliphatic rings. The molecule has 3 nitrogen and oxygen atoms in total.